The van der Waals surface area contributed by atoms with Crippen LogP contribution in [0.15, 0.2) is 12.1 Å². The molecule has 0 bridgehead atoms. The molecule has 0 saturated heterocycles. The number of hydrogen-bond acceptors (Lipinski definition) is 6. The highest BCUT2D eigenvalue weighted by Gasteiger charge is 2.36. The van der Waals surface area contributed by atoms with Crippen LogP contribution in [0.2, 0.25) is 0 Å². The number of aliphatic hydroxyl groups excluding tert-OH is 2. The molecule has 1 amide bonds. The first-order chi connectivity index (χ1) is 10.5. The molecule has 7 nitrogen and oxygen atoms in total. The van der Waals surface area contributed by atoms with E-state index in [1.165, 1.54) is 24.1 Å². The molecule has 2 atom stereocenters. The van der Waals surface area contributed by atoms with Gasteiger partial charge < -0.3 is 24.6 Å². The molecule has 0 spiro atoms. The summed E-state index contributed by atoms with van der Waals surface area (Å²) >= 11 is 0. The van der Waals surface area contributed by atoms with Gasteiger partial charge in [0, 0.05) is 5.56 Å². The van der Waals surface area contributed by atoms with E-state index < -0.39 is 18.8 Å². The zero-order chi connectivity index (χ0) is 16.3. The highest BCUT2D eigenvalue weighted by molar-refractivity contribution is 6.01. The minimum Gasteiger partial charge on any atom is -0.493 e. The molecule has 22 heavy (non-hydrogen) atoms. The molecule has 2 rings (SSSR count). The number of carbonyl (C=O) groups is 2. The third kappa shape index (κ3) is 2.90. The molecule has 1 aliphatic heterocycles. The second-order valence-corrected chi connectivity index (χ2v) is 4.99. The second-order valence-electron chi connectivity index (χ2n) is 4.99. The lowest BCUT2D eigenvalue weighted by Gasteiger charge is -2.35. The molecule has 1 aliphatic rings. The van der Waals surface area contributed by atoms with E-state index in [-0.39, 0.29) is 12.5 Å². The number of hydrogen-bond donors (Lipinski definition) is 2. The number of aliphatic hydroxyl groups is 2. The van der Waals surface area contributed by atoms with Gasteiger partial charge in [0.05, 0.1) is 32.1 Å². The summed E-state index contributed by atoms with van der Waals surface area (Å²) in [6.07, 6.45) is -0.699. The number of nitrogens with zero attached hydrogens (tertiary/aromatic N) is 1. The van der Waals surface area contributed by atoms with Crippen molar-refractivity contribution in [2.24, 2.45) is 0 Å². The average molecular weight is 309 g/mol. The van der Waals surface area contributed by atoms with Crippen LogP contribution in [0.3, 0.4) is 0 Å². The highest BCUT2D eigenvalue weighted by Crippen LogP contribution is 2.43. The molecule has 0 saturated carbocycles. The van der Waals surface area contributed by atoms with Crippen molar-refractivity contribution in [1.29, 1.82) is 0 Å². The summed E-state index contributed by atoms with van der Waals surface area (Å²) in [6.45, 7) is 1.25. The summed E-state index contributed by atoms with van der Waals surface area (Å²) in [5.74, 6) is 0.367. The van der Waals surface area contributed by atoms with Crippen LogP contribution in [0, 0.1) is 0 Å². The smallest absolute Gasteiger partial charge is 0.268 e. The van der Waals surface area contributed by atoms with E-state index in [2.05, 4.69) is 0 Å². The van der Waals surface area contributed by atoms with Gasteiger partial charge in [0.1, 0.15) is 6.29 Å². The molecule has 2 unspecified atom stereocenters. The number of aldehydes is 1. The van der Waals surface area contributed by atoms with E-state index in [1.54, 1.807) is 6.92 Å². The predicted molar refractivity (Wildman–Crippen MR) is 78.5 cm³/mol. The van der Waals surface area contributed by atoms with Crippen LogP contribution in [0.25, 0.3) is 0 Å². The molecule has 0 radical (unpaired) electrons. The zero-order valence-corrected chi connectivity index (χ0v) is 12.5. The summed E-state index contributed by atoms with van der Waals surface area (Å²) in [4.78, 5) is 24.8. The van der Waals surface area contributed by atoms with Gasteiger partial charge in [-0.15, -0.1) is 0 Å². The Balaban J connectivity index is 2.54. The first-order valence-corrected chi connectivity index (χ1v) is 6.99. The monoisotopic (exact) mass is 309 g/mol. The van der Waals surface area contributed by atoms with Crippen LogP contribution in [0.1, 0.15) is 23.7 Å². The first kappa shape index (κ1) is 16.3. The van der Waals surface area contributed by atoms with Crippen LogP contribution in [0.4, 0.5) is 5.69 Å². The summed E-state index contributed by atoms with van der Waals surface area (Å²) in [7, 11) is 1.44. The Labute approximate surface area is 128 Å². The van der Waals surface area contributed by atoms with Crippen LogP contribution < -0.4 is 14.4 Å². The Morgan fingerprint density at radius 2 is 2.23 bits per heavy atom. The van der Waals surface area contributed by atoms with Gasteiger partial charge in [-0.2, -0.15) is 0 Å². The zero-order valence-electron chi connectivity index (χ0n) is 12.5. The van der Waals surface area contributed by atoms with Crippen LogP contribution in [0.5, 0.6) is 11.5 Å². The number of methoxy groups -OCH3 is 1. The van der Waals surface area contributed by atoms with Crippen molar-refractivity contribution in [3.05, 3.63) is 17.7 Å². The predicted octanol–water partition coefficient (Wildman–Crippen LogP) is 0.365. The summed E-state index contributed by atoms with van der Waals surface area (Å²) in [5.41, 5.74) is 0.675. The summed E-state index contributed by atoms with van der Waals surface area (Å²) < 4.78 is 10.9. The maximum Gasteiger partial charge on any atom is 0.268 e. The number of fused-ring (bicyclic) bond motifs is 1. The minimum absolute atomic E-state index is 0.0896. The van der Waals surface area contributed by atoms with Crippen molar-refractivity contribution in [2.45, 2.75) is 25.6 Å². The molecule has 7 heteroatoms. The Morgan fingerprint density at radius 1 is 1.50 bits per heavy atom. The summed E-state index contributed by atoms with van der Waals surface area (Å²) in [6, 6.07) is 3.02. The van der Waals surface area contributed by atoms with E-state index in [1.807, 2.05) is 0 Å². The fraction of sp³-hybridized carbons (Fsp3) is 0.467. The maximum absolute atomic E-state index is 12.4. The van der Waals surface area contributed by atoms with Crippen molar-refractivity contribution in [3.8, 4) is 11.5 Å². The molecular formula is C15H19NO6. The average Bonchev–Trinajstić information content (AvgIpc) is 2.55. The maximum atomic E-state index is 12.4. The molecule has 1 aromatic rings. The fourth-order valence-electron chi connectivity index (χ4n) is 2.35. The molecule has 1 aromatic carbocycles. The molecule has 2 N–H and O–H groups in total. The van der Waals surface area contributed by atoms with Crippen molar-refractivity contribution in [2.75, 3.05) is 25.2 Å². The normalized spacial score (nSPS) is 18.5. The van der Waals surface area contributed by atoms with Crippen LogP contribution >= 0.6 is 0 Å². The third-order valence-corrected chi connectivity index (χ3v) is 3.48. The van der Waals surface area contributed by atoms with Gasteiger partial charge in [-0.1, -0.05) is 6.92 Å². The number of ether oxygens (including phenoxy) is 2. The molecule has 0 fully saturated rings. The molecule has 120 valence electrons. The second kappa shape index (κ2) is 6.76. The Hall–Kier alpha value is -2.12. The summed E-state index contributed by atoms with van der Waals surface area (Å²) in [5, 5.41) is 18.7. The van der Waals surface area contributed by atoms with Gasteiger partial charge >= 0.3 is 0 Å². The number of carbonyl (C=O) groups excluding carboxylic acids is 2. The molecule has 0 aliphatic carbocycles. The van der Waals surface area contributed by atoms with E-state index in [0.29, 0.717) is 35.5 Å². The quantitative estimate of drug-likeness (QED) is 0.737. The molecule has 1 heterocycles. The number of benzene rings is 1. The van der Waals surface area contributed by atoms with Crippen molar-refractivity contribution >= 4 is 17.9 Å². The van der Waals surface area contributed by atoms with Gasteiger partial charge in [0.25, 0.3) is 5.91 Å². The van der Waals surface area contributed by atoms with Crippen LogP contribution in [-0.2, 0) is 4.79 Å². The lowest BCUT2D eigenvalue weighted by Crippen LogP contribution is -2.49. The molecule has 0 aromatic heterocycles. The topological polar surface area (TPSA) is 96.3 Å². The number of rotatable bonds is 6. The van der Waals surface area contributed by atoms with Crippen LogP contribution in [-0.4, -0.2) is 54.9 Å². The van der Waals surface area contributed by atoms with Gasteiger partial charge in [0.15, 0.2) is 17.6 Å². The van der Waals surface area contributed by atoms with E-state index in [4.69, 9.17) is 14.6 Å². The number of anilines is 1. The van der Waals surface area contributed by atoms with E-state index in [9.17, 15) is 14.7 Å². The Kier molecular flexibility index (Phi) is 4.99. The molecular weight excluding hydrogens is 290 g/mol. The lowest BCUT2D eigenvalue weighted by atomic mass is 10.1. The fourth-order valence-corrected chi connectivity index (χ4v) is 2.35. The van der Waals surface area contributed by atoms with E-state index in [0.717, 1.165) is 0 Å². The third-order valence-electron chi connectivity index (χ3n) is 3.48. The van der Waals surface area contributed by atoms with Gasteiger partial charge in [-0.3, -0.25) is 9.59 Å². The van der Waals surface area contributed by atoms with Crippen molar-refractivity contribution in [3.63, 3.8) is 0 Å². The SMILES string of the molecule is CCC1Oc2c(OC)cc(C=O)cc2N(CC(O)CO)C1=O. The Bertz CT molecular complexity index is 573. The largest absolute Gasteiger partial charge is 0.493 e. The Morgan fingerprint density at radius 3 is 2.77 bits per heavy atom. The highest BCUT2D eigenvalue weighted by atomic mass is 16.5. The number of β-amino-alcohol motifs (C(OH)–C–C–N with tert-alkyl or cyclic N) is 1. The van der Waals surface area contributed by atoms with Crippen molar-refractivity contribution < 1.29 is 29.3 Å². The number of amides is 1. The van der Waals surface area contributed by atoms with Gasteiger partial charge in [-0.05, 0) is 18.6 Å². The van der Waals surface area contributed by atoms with Gasteiger partial charge in [-0.25, -0.2) is 0 Å². The van der Waals surface area contributed by atoms with E-state index >= 15 is 0 Å². The lowest BCUT2D eigenvalue weighted by molar-refractivity contribution is -0.127. The van der Waals surface area contributed by atoms with Gasteiger partial charge in [0.2, 0.25) is 0 Å². The standard InChI is InChI=1S/C15H19NO6/c1-3-12-15(20)16(6-10(19)8-18)11-4-9(7-17)5-13(21-2)14(11)22-12/h4-5,7,10,12,18-19H,3,6,8H2,1-2H3. The first-order valence-electron chi connectivity index (χ1n) is 6.99. The van der Waals surface area contributed by atoms with Crippen molar-refractivity contribution in [1.82, 2.24) is 0 Å². The minimum atomic E-state index is -1.08.